The fraction of sp³-hybridized carbons (Fsp3) is 0.429. The van der Waals surface area contributed by atoms with E-state index in [-0.39, 0.29) is 6.10 Å². The molecule has 0 unspecified atom stereocenters. The molecule has 0 aromatic heterocycles. The van der Waals surface area contributed by atoms with Crippen molar-refractivity contribution >= 4 is 0 Å². The van der Waals surface area contributed by atoms with Crippen molar-refractivity contribution in [1.29, 1.82) is 0 Å². The maximum absolute atomic E-state index is 6.10. The first-order chi connectivity index (χ1) is 12.3. The molecule has 25 heavy (non-hydrogen) atoms. The summed E-state index contributed by atoms with van der Waals surface area (Å²) < 4.78 is 17.2. The number of hydrogen-bond acceptors (Lipinski definition) is 4. The quantitative estimate of drug-likeness (QED) is 0.553. The van der Waals surface area contributed by atoms with Gasteiger partial charge in [0, 0.05) is 6.54 Å². The lowest BCUT2D eigenvalue weighted by molar-refractivity contribution is -0.00273. The zero-order valence-corrected chi connectivity index (χ0v) is 15.3. The highest BCUT2D eigenvalue weighted by molar-refractivity contribution is 5.29. The zero-order valence-electron chi connectivity index (χ0n) is 15.3. The Kier molecular flexibility index (Phi) is 9.23. The molecule has 0 aliphatic carbocycles. The van der Waals surface area contributed by atoms with E-state index < -0.39 is 0 Å². The molecule has 0 radical (unpaired) electrons. The lowest BCUT2D eigenvalue weighted by Crippen LogP contribution is -2.19. The summed E-state index contributed by atoms with van der Waals surface area (Å²) in [5.74, 6) is 0. The van der Waals surface area contributed by atoms with Crippen molar-refractivity contribution in [3.05, 3.63) is 71.8 Å². The van der Waals surface area contributed by atoms with Crippen molar-refractivity contribution in [1.82, 2.24) is 4.90 Å². The minimum Gasteiger partial charge on any atom is -0.378 e. The van der Waals surface area contributed by atoms with Crippen molar-refractivity contribution < 1.29 is 14.2 Å². The van der Waals surface area contributed by atoms with Crippen molar-refractivity contribution in [2.24, 2.45) is 0 Å². The Bertz CT molecular complexity index is 520. The SMILES string of the molecule is CN(C)CCOCCOCCOC(c1ccccc1)c1ccccc1. The van der Waals surface area contributed by atoms with E-state index >= 15 is 0 Å². The van der Waals surface area contributed by atoms with E-state index in [9.17, 15) is 0 Å². The van der Waals surface area contributed by atoms with Crippen LogP contribution in [0.3, 0.4) is 0 Å². The summed E-state index contributed by atoms with van der Waals surface area (Å²) in [6, 6.07) is 20.6. The summed E-state index contributed by atoms with van der Waals surface area (Å²) in [6.45, 7) is 3.99. The number of ether oxygens (including phenoxy) is 3. The van der Waals surface area contributed by atoms with Crippen LogP contribution in [0.15, 0.2) is 60.7 Å². The van der Waals surface area contributed by atoms with Crippen LogP contribution < -0.4 is 0 Å². The lowest BCUT2D eigenvalue weighted by atomic mass is 10.0. The lowest BCUT2D eigenvalue weighted by Gasteiger charge is -2.19. The molecular formula is C21H29NO3. The Hall–Kier alpha value is -1.72. The molecule has 0 spiro atoms. The summed E-state index contributed by atoms with van der Waals surface area (Å²) >= 11 is 0. The Balaban J connectivity index is 1.71. The number of benzene rings is 2. The molecule has 4 heteroatoms. The molecular weight excluding hydrogens is 314 g/mol. The number of hydrogen-bond donors (Lipinski definition) is 0. The molecule has 0 amide bonds. The highest BCUT2D eigenvalue weighted by Gasteiger charge is 2.13. The zero-order chi connectivity index (χ0) is 17.7. The van der Waals surface area contributed by atoms with Crippen molar-refractivity contribution in [3.63, 3.8) is 0 Å². The Labute approximate surface area is 151 Å². The molecule has 0 aliphatic rings. The van der Waals surface area contributed by atoms with E-state index in [0.29, 0.717) is 26.4 Å². The fourth-order valence-corrected chi connectivity index (χ4v) is 2.43. The number of rotatable bonds is 12. The maximum atomic E-state index is 6.10. The molecule has 4 nitrogen and oxygen atoms in total. The van der Waals surface area contributed by atoms with Crippen molar-refractivity contribution in [2.45, 2.75) is 6.10 Å². The largest absolute Gasteiger partial charge is 0.378 e. The van der Waals surface area contributed by atoms with Gasteiger partial charge in [-0.3, -0.25) is 0 Å². The van der Waals surface area contributed by atoms with E-state index in [1.165, 1.54) is 0 Å². The molecule has 0 aliphatic heterocycles. The van der Waals surface area contributed by atoms with Gasteiger partial charge in [-0.1, -0.05) is 60.7 Å². The fourth-order valence-electron chi connectivity index (χ4n) is 2.43. The van der Waals surface area contributed by atoms with Crippen LogP contribution in [-0.2, 0) is 14.2 Å². The normalized spacial score (nSPS) is 11.4. The summed E-state index contributed by atoms with van der Waals surface area (Å²) in [7, 11) is 4.07. The smallest absolute Gasteiger partial charge is 0.108 e. The summed E-state index contributed by atoms with van der Waals surface area (Å²) in [5, 5.41) is 0. The highest BCUT2D eigenvalue weighted by atomic mass is 16.5. The molecule has 0 heterocycles. The second-order valence-electron chi connectivity index (χ2n) is 6.10. The van der Waals surface area contributed by atoms with Gasteiger partial charge in [-0.05, 0) is 25.2 Å². The molecule has 2 aromatic carbocycles. The number of nitrogens with zero attached hydrogens (tertiary/aromatic N) is 1. The topological polar surface area (TPSA) is 30.9 Å². The molecule has 0 bridgehead atoms. The monoisotopic (exact) mass is 343 g/mol. The van der Waals surface area contributed by atoms with Gasteiger partial charge >= 0.3 is 0 Å². The van der Waals surface area contributed by atoms with Crippen LogP contribution in [0.5, 0.6) is 0 Å². The third kappa shape index (κ3) is 7.80. The third-order valence-corrected chi connectivity index (χ3v) is 3.77. The Morgan fingerprint density at radius 3 is 1.68 bits per heavy atom. The Morgan fingerprint density at radius 1 is 0.680 bits per heavy atom. The van der Waals surface area contributed by atoms with E-state index in [1.807, 2.05) is 50.5 Å². The molecule has 2 rings (SSSR count). The van der Waals surface area contributed by atoms with Crippen LogP contribution in [0.2, 0.25) is 0 Å². The summed E-state index contributed by atoms with van der Waals surface area (Å²) in [4.78, 5) is 2.10. The van der Waals surface area contributed by atoms with Crippen LogP contribution in [0.1, 0.15) is 17.2 Å². The molecule has 0 saturated carbocycles. The van der Waals surface area contributed by atoms with E-state index in [4.69, 9.17) is 14.2 Å². The van der Waals surface area contributed by atoms with E-state index in [2.05, 4.69) is 29.2 Å². The van der Waals surface area contributed by atoms with Gasteiger partial charge < -0.3 is 19.1 Å². The van der Waals surface area contributed by atoms with E-state index in [1.54, 1.807) is 0 Å². The highest BCUT2D eigenvalue weighted by Crippen LogP contribution is 2.25. The van der Waals surface area contributed by atoms with Crippen LogP contribution >= 0.6 is 0 Å². The second kappa shape index (κ2) is 11.8. The molecule has 2 aromatic rings. The minimum absolute atomic E-state index is 0.0673. The van der Waals surface area contributed by atoms with Gasteiger partial charge in [0.2, 0.25) is 0 Å². The van der Waals surface area contributed by atoms with Crippen LogP contribution in [0.25, 0.3) is 0 Å². The van der Waals surface area contributed by atoms with Gasteiger partial charge in [0.25, 0.3) is 0 Å². The van der Waals surface area contributed by atoms with Crippen molar-refractivity contribution in [3.8, 4) is 0 Å². The maximum Gasteiger partial charge on any atom is 0.108 e. The predicted molar refractivity (Wildman–Crippen MR) is 101 cm³/mol. The third-order valence-electron chi connectivity index (χ3n) is 3.77. The standard InChI is InChI=1S/C21H29NO3/c1-22(2)13-14-23-15-16-24-17-18-25-21(19-9-5-3-6-10-19)20-11-7-4-8-12-20/h3-12,21H,13-18H2,1-2H3. The molecule has 136 valence electrons. The first kappa shape index (κ1) is 19.6. The molecule has 0 atom stereocenters. The molecule has 0 saturated heterocycles. The Morgan fingerprint density at radius 2 is 1.16 bits per heavy atom. The van der Waals surface area contributed by atoms with Crippen LogP contribution in [0.4, 0.5) is 0 Å². The summed E-state index contributed by atoms with van der Waals surface area (Å²) in [6.07, 6.45) is -0.0673. The van der Waals surface area contributed by atoms with Gasteiger partial charge in [-0.15, -0.1) is 0 Å². The molecule has 0 fully saturated rings. The van der Waals surface area contributed by atoms with Gasteiger partial charge in [0.1, 0.15) is 6.10 Å². The summed E-state index contributed by atoms with van der Waals surface area (Å²) in [5.41, 5.74) is 2.31. The first-order valence-corrected chi connectivity index (χ1v) is 8.79. The van der Waals surface area contributed by atoms with Crippen LogP contribution in [-0.4, -0.2) is 58.6 Å². The number of likely N-dealkylation sites (N-methyl/N-ethyl adjacent to an activating group) is 1. The average Bonchev–Trinajstić information content (AvgIpc) is 2.64. The van der Waals surface area contributed by atoms with Crippen LogP contribution in [0, 0.1) is 0 Å². The van der Waals surface area contributed by atoms with Crippen molar-refractivity contribution in [2.75, 3.05) is 53.7 Å². The van der Waals surface area contributed by atoms with Gasteiger partial charge in [-0.25, -0.2) is 0 Å². The van der Waals surface area contributed by atoms with Gasteiger partial charge in [0.05, 0.1) is 33.0 Å². The first-order valence-electron chi connectivity index (χ1n) is 8.79. The second-order valence-corrected chi connectivity index (χ2v) is 6.10. The predicted octanol–water partition coefficient (Wildman–Crippen LogP) is 3.39. The van der Waals surface area contributed by atoms with E-state index in [0.717, 1.165) is 24.3 Å². The van der Waals surface area contributed by atoms with Gasteiger partial charge in [-0.2, -0.15) is 0 Å². The molecule has 0 N–H and O–H groups in total. The van der Waals surface area contributed by atoms with Gasteiger partial charge in [0.15, 0.2) is 0 Å². The average molecular weight is 343 g/mol. The minimum atomic E-state index is -0.0673.